The van der Waals surface area contributed by atoms with Gasteiger partial charge < -0.3 is 14.8 Å². The largest absolute Gasteiger partial charge is 0.493 e. The molecule has 1 aromatic carbocycles. The normalized spacial score (nSPS) is 23.1. The van der Waals surface area contributed by atoms with Gasteiger partial charge in [-0.1, -0.05) is 39.0 Å². The van der Waals surface area contributed by atoms with Crippen LogP contribution < -0.4 is 10.1 Å². The van der Waals surface area contributed by atoms with Crippen molar-refractivity contribution in [3.05, 3.63) is 52.4 Å². The van der Waals surface area contributed by atoms with E-state index in [1.54, 1.807) is 0 Å². The van der Waals surface area contributed by atoms with Gasteiger partial charge in [0.15, 0.2) is 5.78 Å². The Kier molecular flexibility index (Phi) is 6.45. The number of carbonyl (C=O) groups is 2. The van der Waals surface area contributed by atoms with Gasteiger partial charge in [0.25, 0.3) is 0 Å². The fourth-order valence-corrected chi connectivity index (χ4v) is 5.30. The number of rotatable bonds is 6. The van der Waals surface area contributed by atoms with Gasteiger partial charge in [0, 0.05) is 29.0 Å². The molecule has 0 aromatic heterocycles. The van der Waals surface area contributed by atoms with Crippen LogP contribution in [0.2, 0.25) is 0 Å². The molecule has 1 atom stereocenters. The number of allylic oxidation sites excluding steroid dienone is 3. The van der Waals surface area contributed by atoms with Gasteiger partial charge in [-0.25, -0.2) is 4.79 Å². The summed E-state index contributed by atoms with van der Waals surface area (Å²) in [6, 6.07) is 7.79. The van der Waals surface area contributed by atoms with Crippen molar-refractivity contribution in [3.63, 3.8) is 0 Å². The molecule has 0 bridgehead atoms. The van der Waals surface area contributed by atoms with Crippen LogP contribution in [0.15, 0.2) is 46.8 Å². The monoisotopic (exact) mass is 437 g/mol. The summed E-state index contributed by atoms with van der Waals surface area (Å²) in [4.78, 5) is 26.9. The van der Waals surface area contributed by atoms with Gasteiger partial charge in [0.2, 0.25) is 0 Å². The number of nitrogens with one attached hydrogen (secondary N) is 1. The molecule has 0 unspecified atom stereocenters. The number of ether oxygens (including phenoxy) is 2. The highest BCUT2D eigenvalue weighted by molar-refractivity contribution is 6.04. The number of hydrogen-bond donors (Lipinski definition) is 1. The average molecular weight is 438 g/mol. The zero-order chi connectivity index (χ0) is 22.9. The van der Waals surface area contributed by atoms with E-state index in [4.69, 9.17) is 9.47 Å². The van der Waals surface area contributed by atoms with Crippen molar-refractivity contribution in [1.29, 1.82) is 0 Å². The van der Waals surface area contributed by atoms with E-state index in [-0.39, 0.29) is 23.3 Å². The Labute approximate surface area is 191 Å². The Morgan fingerprint density at radius 2 is 1.88 bits per heavy atom. The zero-order valence-electron chi connectivity index (χ0n) is 19.8. The minimum Gasteiger partial charge on any atom is -0.493 e. The first-order valence-electron chi connectivity index (χ1n) is 12.0. The van der Waals surface area contributed by atoms with Gasteiger partial charge in [-0.3, -0.25) is 4.79 Å². The van der Waals surface area contributed by atoms with E-state index in [2.05, 4.69) is 26.1 Å². The van der Waals surface area contributed by atoms with Crippen molar-refractivity contribution < 1.29 is 19.1 Å². The summed E-state index contributed by atoms with van der Waals surface area (Å²) in [7, 11) is 0. The Bertz CT molecular complexity index is 966. The van der Waals surface area contributed by atoms with Gasteiger partial charge in [-0.2, -0.15) is 0 Å². The highest BCUT2D eigenvalue weighted by Crippen LogP contribution is 2.48. The molecule has 32 heavy (non-hydrogen) atoms. The highest BCUT2D eigenvalue weighted by Gasteiger charge is 2.44. The van der Waals surface area contributed by atoms with Gasteiger partial charge in [-0.15, -0.1) is 0 Å². The first-order valence-corrected chi connectivity index (χ1v) is 12.0. The molecule has 172 valence electrons. The molecule has 0 spiro atoms. The lowest BCUT2D eigenvalue weighted by Gasteiger charge is -2.39. The summed E-state index contributed by atoms with van der Waals surface area (Å²) < 4.78 is 12.0. The van der Waals surface area contributed by atoms with Crippen LogP contribution in [0.25, 0.3) is 0 Å². The summed E-state index contributed by atoms with van der Waals surface area (Å²) in [5, 5.41) is 3.42. The number of carbonyl (C=O) groups excluding carboxylic acids is 2. The highest BCUT2D eigenvalue weighted by atomic mass is 16.5. The van der Waals surface area contributed by atoms with E-state index in [1.165, 1.54) is 0 Å². The topological polar surface area (TPSA) is 64.6 Å². The van der Waals surface area contributed by atoms with E-state index in [0.717, 1.165) is 61.2 Å². The molecule has 0 radical (unpaired) electrons. The van der Waals surface area contributed by atoms with Crippen molar-refractivity contribution in [2.75, 3.05) is 6.61 Å². The number of benzene rings is 1. The number of para-hydroxylation sites is 1. The van der Waals surface area contributed by atoms with Crippen LogP contribution >= 0.6 is 0 Å². The van der Waals surface area contributed by atoms with Crippen molar-refractivity contribution in [2.24, 2.45) is 5.41 Å². The maximum atomic E-state index is 13.5. The molecule has 0 saturated heterocycles. The third kappa shape index (κ3) is 4.48. The van der Waals surface area contributed by atoms with Gasteiger partial charge >= 0.3 is 5.97 Å². The second kappa shape index (κ2) is 9.13. The van der Waals surface area contributed by atoms with Crippen LogP contribution in [0.1, 0.15) is 84.1 Å². The number of ketones is 1. The fourth-order valence-electron chi connectivity index (χ4n) is 5.30. The molecule has 1 N–H and O–H groups in total. The zero-order valence-corrected chi connectivity index (χ0v) is 19.8. The molecule has 1 aliphatic heterocycles. The lowest BCUT2D eigenvalue weighted by molar-refractivity contribution is -0.144. The van der Waals surface area contributed by atoms with Gasteiger partial charge in [0.05, 0.1) is 18.1 Å². The number of hydrogen-bond acceptors (Lipinski definition) is 5. The summed E-state index contributed by atoms with van der Waals surface area (Å²) in [6.45, 7) is 8.80. The van der Waals surface area contributed by atoms with E-state index in [9.17, 15) is 9.59 Å². The van der Waals surface area contributed by atoms with Crippen LogP contribution in [-0.2, 0) is 14.3 Å². The van der Waals surface area contributed by atoms with Crippen LogP contribution in [0, 0.1) is 5.41 Å². The molecule has 2 aliphatic carbocycles. The SMILES string of the molecule is CCCOc1ccccc1[C@H]1C(C(=O)OC2CCCC2)=C(C)NC2=C1C(=O)CC(C)(C)C2. The second-order valence-corrected chi connectivity index (χ2v) is 10.1. The predicted octanol–water partition coefficient (Wildman–Crippen LogP) is 5.57. The average Bonchev–Trinajstić information content (AvgIpc) is 3.23. The molecule has 4 rings (SSSR count). The molecule has 1 saturated carbocycles. The smallest absolute Gasteiger partial charge is 0.337 e. The van der Waals surface area contributed by atoms with Crippen molar-refractivity contribution in [3.8, 4) is 5.75 Å². The maximum Gasteiger partial charge on any atom is 0.337 e. The Balaban J connectivity index is 1.81. The summed E-state index contributed by atoms with van der Waals surface area (Å²) in [6.07, 6.45) is 6.08. The molecular formula is C27H35NO4. The van der Waals surface area contributed by atoms with E-state index in [0.29, 0.717) is 24.2 Å². The maximum absolute atomic E-state index is 13.5. The Morgan fingerprint density at radius 1 is 1.16 bits per heavy atom. The fraction of sp³-hybridized carbons (Fsp3) is 0.556. The lowest BCUT2D eigenvalue weighted by Crippen LogP contribution is -2.39. The molecule has 1 fully saturated rings. The molecule has 3 aliphatic rings. The van der Waals surface area contributed by atoms with Crippen LogP contribution in [0.5, 0.6) is 5.75 Å². The number of esters is 1. The third-order valence-corrected chi connectivity index (χ3v) is 6.73. The molecular weight excluding hydrogens is 402 g/mol. The lowest BCUT2D eigenvalue weighted by atomic mass is 9.68. The van der Waals surface area contributed by atoms with Crippen molar-refractivity contribution in [2.45, 2.75) is 84.7 Å². The summed E-state index contributed by atoms with van der Waals surface area (Å²) in [5.74, 6) is 0.0283. The van der Waals surface area contributed by atoms with Gasteiger partial charge in [0.1, 0.15) is 11.9 Å². The Hall–Kier alpha value is -2.56. The van der Waals surface area contributed by atoms with E-state index < -0.39 is 5.92 Å². The standard InChI is InChI=1S/C27H35NO4/c1-5-14-31-22-13-9-8-12-19(22)24-23(26(30)32-18-10-6-7-11-18)17(2)28-20-15-27(3,4)16-21(29)25(20)24/h8-9,12-13,18,24,28H,5-7,10-11,14-16H2,1-4H3/t24-/m0/s1. The Morgan fingerprint density at radius 3 is 2.59 bits per heavy atom. The molecule has 0 amide bonds. The number of dihydropyridines is 1. The summed E-state index contributed by atoms with van der Waals surface area (Å²) in [5.41, 5.74) is 3.68. The van der Waals surface area contributed by atoms with Crippen LogP contribution in [0.4, 0.5) is 0 Å². The first-order chi connectivity index (χ1) is 15.3. The minimum absolute atomic E-state index is 0.0357. The van der Waals surface area contributed by atoms with Crippen LogP contribution in [0.3, 0.4) is 0 Å². The van der Waals surface area contributed by atoms with E-state index in [1.807, 2.05) is 31.2 Å². The first kappa shape index (κ1) is 22.6. The molecule has 1 heterocycles. The predicted molar refractivity (Wildman–Crippen MR) is 124 cm³/mol. The van der Waals surface area contributed by atoms with Crippen molar-refractivity contribution in [1.82, 2.24) is 5.32 Å². The third-order valence-electron chi connectivity index (χ3n) is 6.73. The van der Waals surface area contributed by atoms with Crippen LogP contribution in [-0.4, -0.2) is 24.5 Å². The minimum atomic E-state index is -0.475. The summed E-state index contributed by atoms with van der Waals surface area (Å²) >= 11 is 0. The quantitative estimate of drug-likeness (QED) is 0.590. The molecule has 5 heteroatoms. The second-order valence-electron chi connectivity index (χ2n) is 10.1. The molecule has 1 aromatic rings. The van der Waals surface area contributed by atoms with E-state index >= 15 is 0 Å². The number of Topliss-reactive ketones (excluding diaryl/α,β-unsaturated/α-hetero) is 1. The van der Waals surface area contributed by atoms with Crippen molar-refractivity contribution >= 4 is 11.8 Å². The molecule has 5 nitrogen and oxygen atoms in total. The van der Waals surface area contributed by atoms with Gasteiger partial charge in [-0.05, 0) is 56.9 Å².